The van der Waals surface area contributed by atoms with Gasteiger partial charge in [-0.05, 0) is 36.5 Å². The summed E-state index contributed by atoms with van der Waals surface area (Å²) in [5, 5.41) is 6.30. The van der Waals surface area contributed by atoms with Crippen molar-refractivity contribution in [1.29, 1.82) is 0 Å². The zero-order valence-corrected chi connectivity index (χ0v) is 13.3. The van der Waals surface area contributed by atoms with Gasteiger partial charge in [0.2, 0.25) is 0 Å². The Balaban J connectivity index is 2.32. The van der Waals surface area contributed by atoms with Gasteiger partial charge in [-0.3, -0.25) is 0 Å². The molecular formula is C16H23ClN2O. The number of amides is 2. The molecule has 0 saturated carbocycles. The van der Waals surface area contributed by atoms with Crippen molar-refractivity contribution >= 4 is 17.6 Å². The number of carbonyl (C=O) groups excluding carboxylic acids is 1. The maximum atomic E-state index is 11.6. The molecule has 0 heterocycles. The van der Waals surface area contributed by atoms with Crippen molar-refractivity contribution in [3.8, 4) is 0 Å². The predicted octanol–water partition coefficient (Wildman–Crippen LogP) is 4.13. The van der Waals surface area contributed by atoms with E-state index >= 15 is 0 Å². The first-order valence-corrected chi connectivity index (χ1v) is 7.13. The van der Waals surface area contributed by atoms with Crippen LogP contribution in [0.3, 0.4) is 0 Å². The molecule has 1 aromatic carbocycles. The van der Waals surface area contributed by atoms with Crippen LogP contribution in [0.5, 0.6) is 0 Å². The highest BCUT2D eigenvalue weighted by Crippen LogP contribution is 2.23. The van der Waals surface area contributed by atoms with Crippen LogP contribution in [0.25, 0.3) is 0 Å². The molecule has 0 aromatic heterocycles. The summed E-state index contributed by atoms with van der Waals surface area (Å²) in [5.41, 5.74) is 2.35. The molecule has 110 valence electrons. The highest BCUT2D eigenvalue weighted by Gasteiger charge is 2.12. The molecule has 4 heteroatoms. The first-order chi connectivity index (χ1) is 9.29. The minimum atomic E-state index is -0.178. The van der Waals surface area contributed by atoms with Gasteiger partial charge in [-0.15, -0.1) is 0 Å². The van der Waals surface area contributed by atoms with Crippen LogP contribution in [-0.2, 0) is 6.42 Å². The molecular weight excluding hydrogens is 272 g/mol. The fourth-order valence-corrected chi connectivity index (χ4v) is 1.54. The van der Waals surface area contributed by atoms with E-state index in [-0.39, 0.29) is 11.4 Å². The lowest BCUT2D eigenvalue weighted by atomic mass is 9.88. The van der Waals surface area contributed by atoms with Gasteiger partial charge in [0.05, 0.1) is 0 Å². The van der Waals surface area contributed by atoms with E-state index < -0.39 is 0 Å². The summed E-state index contributed by atoms with van der Waals surface area (Å²) in [4.78, 5) is 11.6. The Morgan fingerprint density at radius 2 is 1.85 bits per heavy atom. The molecule has 0 atom stereocenters. The fourth-order valence-electron chi connectivity index (χ4n) is 1.41. The van der Waals surface area contributed by atoms with E-state index in [1.54, 1.807) is 6.20 Å². The van der Waals surface area contributed by atoms with Gasteiger partial charge in [0, 0.05) is 17.8 Å². The van der Waals surface area contributed by atoms with Crippen LogP contribution in [0, 0.1) is 5.41 Å². The van der Waals surface area contributed by atoms with E-state index in [0.29, 0.717) is 6.54 Å². The number of carbonyl (C=O) groups is 1. The van der Waals surface area contributed by atoms with E-state index in [2.05, 4.69) is 31.4 Å². The maximum absolute atomic E-state index is 11.6. The van der Waals surface area contributed by atoms with Crippen LogP contribution in [0.1, 0.15) is 33.3 Å². The summed E-state index contributed by atoms with van der Waals surface area (Å²) in [7, 11) is 0. The average molecular weight is 295 g/mol. The number of urea groups is 1. The zero-order valence-electron chi connectivity index (χ0n) is 12.6. The van der Waals surface area contributed by atoms with Crippen LogP contribution in [-0.4, -0.2) is 12.6 Å². The quantitative estimate of drug-likeness (QED) is 0.861. The van der Waals surface area contributed by atoms with Crippen LogP contribution < -0.4 is 10.6 Å². The second-order valence-electron chi connectivity index (χ2n) is 5.85. The predicted molar refractivity (Wildman–Crippen MR) is 84.9 cm³/mol. The Morgan fingerprint density at radius 1 is 1.25 bits per heavy atom. The fraction of sp³-hybridized carbons (Fsp3) is 0.438. The van der Waals surface area contributed by atoms with Crippen LogP contribution >= 0.6 is 11.6 Å². The van der Waals surface area contributed by atoms with Crippen molar-refractivity contribution in [3.63, 3.8) is 0 Å². The molecule has 3 nitrogen and oxygen atoms in total. The lowest BCUT2D eigenvalue weighted by molar-refractivity contribution is 0.244. The van der Waals surface area contributed by atoms with Crippen molar-refractivity contribution in [1.82, 2.24) is 10.6 Å². The van der Waals surface area contributed by atoms with Gasteiger partial charge in [0.25, 0.3) is 0 Å². The molecule has 0 unspecified atom stereocenters. The van der Waals surface area contributed by atoms with Crippen molar-refractivity contribution < 1.29 is 4.79 Å². The van der Waals surface area contributed by atoms with E-state index in [4.69, 9.17) is 11.6 Å². The number of nitrogens with one attached hydrogen (secondary N) is 2. The summed E-state index contributed by atoms with van der Waals surface area (Å²) < 4.78 is 0. The van der Waals surface area contributed by atoms with Gasteiger partial charge in [-0.1, -0.05) is 50.1 Å². The van der Waals surface area contributed by atoms with Gasteiger partial charge in [0.1, 0.15) is 0 Å². The third-order valence-electron chi connectivity index (χ3n) is 3.22. The topological polar surface area (TPSA) is 41.1 Å². The summed E-state index contributed by atoms with van der Waals surface area (Å²) in [6, 6.07) is 7.46. The highest BCUT2D eigenvalue weighted by atomic mass is 35.5. The molecule has 0 aliphatic carbocycles. The molecule has 20 heavy (non-hydrogen) atoms. The molecule has 0 aliphatic heterocycles. The molecule has 0 fully saturated rings. The lowest BCUT2D eigenvalue weighted by Crippen LogP contribution is -2.34. The third kappa shape index (κ3) is 6.11. The van der Waals surface area contributed by atoms with Crippen molar-refractivity contribution in [2.75, 3.05) is 6.54 Å². The van der Waals surface area contributed by atoms with Gasteiger partial charge in [0.15, 0.2) is 0 Å². The van der Waals surface area contributed by atoms with Crippen LogP contribution in [0.4, 0.5) is 4.79 Å². The number of benzene rings is 1. The standard InChI is InChI=1S/C16H23ClN2O/c1-12(16(2,3)4)11-19-15(20)18-10-9-13-5-7-14(17)8-6-13/h5-8,11H,9-10H2,1-4H3,(H2,18,19,20)/b12-11+. The Kier molecular flexibility index (Phi) is 6.08. The Labute approximate surface area is 126 Å². The first kappa shape index (κ1) is 16.6. The van der Waals surface area contributed by atoms with Gasteiger partial charge in [-0.25, -0.2) is 4.79 Å². The molecule has 0 spiro atoms. The molecule has 2 N–H and O–H groups in total. The number of rotatable bonds is 4. The molecule has 1 aromatic rings. The number of allylic oxidation sites excluding steroid dienone is 1. The number of hydrogen-bond donors (Lipinski definition) is 2. The van der Waals surface area contributed by atoms with Gasteiger partial charge >= 0.3 is 6.03 Å². The molecule has 0 saturated heterocycles. The Hall–Kier alpha value is -1.48. The smallest absolute Gasteiger partial charge is 0.318 e. The van der Waals surface area contributed by atoms with Crippen molar-refractivity contribution in [3.05, 3.63) is 46.6 Å². The minimum absolute atomic E-state index is 0.0661. The van der Waals surface area contributed by atoms with Crippen molar-refractivity contribution in [2.24, 2.45) is 5.41 Å². The molecule has 1 rings (SSSR count). The third-order valence-corrected chi connectivity index (χ3v) is 3.47. The molecule has 0 aliphatic rings. The summed E-state index contributed by atoms with van der Waals surface area (Å²) in [6.45, 7) is 8.93. The SMILES string of the molecule is C/C(=C\NC(=O)NCCc1ccc(Cl)cc1)C(C)(C)C. The summed E-state index contributed by atoms with van der Waals surface area (Å²) in [6.07, 6.45) is 2.55. The molecule has 0 radical (unpaired) electrons. The number of halogens is 1. The number of hydrogen-bond acceptors (Lipinski definition) is 1. The van der Waals surface area contributed by atoms with Gasteiger partial charge in [-0.2, -0.15) is 0 Å². The first-order valence-electron chi connectivity index (χ1n) is 6.75. The van der Waals surface area contributed by atoms with E-state index in [1.807, 2.05) is 31.2 Å². The van der Waals surface area contributed by atoms with Crippen LogP contribution in [0.2, 0.25) is 5.02 Å². The summed E-state index contributed by atoms with van der Waals surface area (Å²) in [5.74, 6) is 0. The maximum Gasteiger partial charge on any atom is 0.318 e. The monoisotopic (exact) mass is 294 g/mol. The lowest BCUT2D eigenvalue weighted by Gasteiger charge is -2.19. The van der Waals surface area contributed by atoms with Crippen LogP contribution in [0.15, 0.2) is 36.0 Å². The molecule has 0 bridgehead atoms. The Morgan fingerprint density at radius 3 is 2.40 bits per heavy atom. The average Bonchev–Trinajstić information content (AvgIpc) is 2.37. The largest absolute Gasteiger partial charge is 0.338 e. The van der Waals surface area contributed by atoms with Gasteiger partial charge < -0.3 is 10.6 Å². The molecule has 2 amide bonds. The summed E-state index contributed by atoms with van der Waals surface area (Å²) >= 11 is 5.82. The van der Waals surface area contributed by atoms with E-state index in [0.717, 1.165) is 22.6 Å². The van der Waals surface area contributed by atoms with E-state index in [9.17, 15) is 4.79 Å². The Bertz CT molecular complexity index is 472. The van der Waals surface area contributed by atoms with Crippen molar-refractivity contribution in [2.45, 2.75) is 34.1 Å². The normalized spacial score (nSPS) is 12.2. The second kappa shape index (κ2) is 7.34. The van der Waals surface area contributed by atoms with E-state index in [1.165, 1.54) is 0 Å². The second-order valence-corrected chi connectivity index (χ2v) is 6.29. The zero-order chi connectivity index (χ0) is 15.2. The minimum Gasteiger partial charge on any atom is -0.338 e. The highest BCUT2D eigenvalue weighted by molar-refractivity contribution is 6.30.